The number of rotatable bonds is 6. The number of aryl methyl sites for hydroxylation is 4. The molecule has 0 saturated carbocycles. The maximum absolute atomic E-state index is 12.6. The largest absolute Gasteiger partial charge is 0.358 e. The fourth-order valence-corrected chi connectivity index (χ4v) is 5.43. The minimum Gasteiger partial charge on any atom is -0.358 e. The second-order valence-electron chi connectivity index (χ2n) is 7.90. The van der Waals surface area contributed by atoms with Gasteiger partial charge in [-0.05, 0) is 63.4 Å². The minimum atomic E-state index is -0.257. The van der Waals surface area contributed by atoms with Crippen LogP contribution in [0.4, 0.5) is 0 Å². The number of amides is 1. The Hall–Kier alpha value is -2.58. The zero-order chi connectivity index (χ0) is 22.3. The standard InChI is InChI=1S/C23H26N4O2S2/c1-11-13(3)25-18-7-6-16(8-17(11)18)9-24-21(28)15(5)30-10-19-26-22(29)20-12(2)14(4)31-23(20)27-19/h6-8,15,25H,9-10H2,1-5H3,(H,24,28)(H,26,27,29). The molecule has 0 aliphatic rings. The molecule has 0 radical (unpaired) electrons. The van der Waals surface area contributed by atoms with Gasteiger partial charge in [0.15, 0.2) is 0 Å². The third-order valence-corrected chi connectivity index (χ3v) is 8.02. The first-order valence-electron chi connectivity index (χ1n) is 10.2. The van der Waals surface area contributed by atoms with Crippen LogP contribution in [-0.4, -0.2) is 26.1 Å². The van der Waals surface area contributed by atoms with E-state index in [0.29, 0.717) is 23.5 Å². The van der Waals surface area contributed by atoms with Gasteiger partial charge in [0.1, 0.15) is 10.7 Å². The van der Waals surface area contributed by atoms with Crippen molar-refractivity contribution in [3.63, 3.8) is 0 Å². The molecule has 0 aliphatic carbocycles. The Balaban J connectivity index is 1.37. The van der Waals surface area contributed by atoms with E-state index < -0.39 is 0 Å². The molecule has 1 atom stereocenters. The van der Waals surface area contributed by atoms with Gasteiger partial charge in [-0.15, -0.1) is 23.1 Å². The zero-order valence-electron chi connectivity index (χ0n) is 18.3. The monoisotopic (exact) mass is 454 g/mol. The average molecular weight is 455 g/mol. The van der Waals surface area contributed by atoms with E-state index in [1.54, 1.807) is 0 Å². The van der Waals surface area contributed by atoms with Gasteiger partial charge < -0.3 is 15.3 Å². The lowest BCUT2D eigenvalue weighted by molar-refractivity contribution is -0.120. The van der Waals surface area contributed by atoms with Crippen LogP contribution in [0.3, 0.4) is 0 Å². The first kappa shape index (κ1) is 21.6. The predicted octanol–water partition coefficient (Wildman–Crippen LogP) is 4.64. The molecule has 3 N–H and O–H groups in total. The molecule has 0 aliphatic heterocycles. The number of carbonyl (C=O) groups is 1. The molecular weight excluding hydrogens is 428 g/mol. The van der Waals surface area contributed by atoms with Crippen LogP contribution in [0.25, 0.3) is 21.1 Å². The Morgan fingerprint density at radius 3 is 2.74 bits per heavy atom. The second-order valence-corrected chi connectivity index (χ2v) is 10.4. The minimum absolute atomic E-state index is 0.0293. The summed E-state index contributed by atoms with van der Waals surface area (Å²) >= 11 is 3.00. The molecule has 4 rings (SSSR count). The number of thioether (sulfide) groups is 1. The Morgan fingerprint density at radius 2 is 1.97 bits per heavy atom. The zero-order valence-corrected chi connectivity index (χ0v) is 19.9. The Labute approximate surface area is 188 Å². The molecular formula is C23H26N4O2S2. The number of nitrogens with one attached hydrogen (secondary N) is 3. The lowest BCUT2D eigenvalue weighted by Gasteiger charge is -2.12. The summed E-state index contributed by atoms with van der Waals surface area (Å²) in [5.74, 6) is 1.05. The number of benzene rings is 1. The highest BCUT2D eigenvalue weighted by molar-refractivity contribution is 7.99. The highest BCUT2D eigenvalue weighted by Crippen LogP contribution is 2.27. The molecule has 4 aromatic rings. The second kappa shape index (κ2) is 8.51. The van der Waals surface area contributed by atoms with Crippen LogP contribution in [0.15, 0.2) is 23.0 Å². The van der Waals surface area contributed by atoms with Crippen molar-refractivity contribution >= 4 is 50.1 Å². The van der Waals surface area contributed by atoms with Gasteiger partial charge >= 0.3 is 0 Å². The molecule has 3 aromatic heterocycles. The number of carbonyl (C=O) groups excluding carboxylic acids is 1. The molecule has 0 spiro atoms. The van der Waals surface area contributed by atoms with E-state index in [-0.39, 0.29) is 16.7 Å². The third kappa shape index (κ3) is 4.27. The number of H-pyrrole nitrogens is 2. The maximum atomic E-state index is 12.6. The van der Waals surface area contributed by atoms with Gasteiger partial charge in [0.2, 0.25) is 5.91 Å². The van der Waals surface area contributed by atoms with Crippen molar-refractivity contribution in [2.45, 2.75) is 52.2 Å². The van der Waals surface area contributed by atoms with E-state index in [4.69, 9.17) is 0 Å². The van der Waals surface area contributed by atoms with E-state index in [0.717, 1.165) is 26.4 Å². The highest BCUT2D eigenvalue weighted by atomic mass is 32.2. The van der Waals surface area contributed by atoms with Crippen LogP contribution in [0.5, 0.6) is 0 Å². The summed E-state index contributed by atoms with van der Waals surface area (Å²) in [6, 6.07) is 6.22. The number of fused-ring (bicyclic) bond motifs is 2. The Morgan fingerprint density at radius 1 is 1.19 bits per heavy atom. The Kier molecular flexibility index (Phi) is 5.94. The van der Waals surface area contributed by atoms with E-state index in [9.17, 15) is 9.59 Å². The number of nitrogens with zero attached hydrogens (tertiary/aromatic N) is 1. The molecule has 1 unspecified atom stereocenters. The van der Waals surface area contributed by atoms with E-state index >= 15 is 0 Å². The average Bonchev–Trinajstić information content (AvgIpc) is 3.19. The van der Waals surface area contributed by atoms with Gasteiger partial charge in [-0.1, -0.05) is 6.07 Å². The van der Waals surface area contributed by atoms with Gasteiger partial charge in [-0.2, -0.15) is 0 Å². The first-order valence-corrected chi connectivity index (χ1v) is 12.1. The van der Waals surface area contributed by atoms with Crippen molar-refractivity contribution in [1.82, 2.24) is 20.3 Å². The molecule has 0 bridgehead atoms. The molecule has 162 valence electrons. The topological polar surface area (TPSA) is 90.6 Å². The van der Waals surface area contributed by atoms with Gasteiger partial charge in [0, 0.05) is 28.0 Å². The van der Waals surface area contributed by atoms with Crippen molar-refractivity contribution < 1.29 is 4.79 Å². The van der Waals surface area contributed by atoms with Crippen LogP contribution < -0.4 is 10.9 Å². The lowest BCUT2D eigenvalue weighted by atomic mass is 10.1. The summed E-state index contributed by atoms with van der Waals surface area (Å²) in [5, 5.41) is 4.62. The fourth-order valence-electron chi connectivity index (χ4n) is 3.60. The Bertz CT molecular complexity index is 1350. The van der Waals surface area contributed by atoms with Crippen molar-refractivity contribution in [3.8, 4) is 0 Å². The SMILES string of the molecule is Cc1[nH]c2ccc(CNC(=O)C(C)SCc3nc4sc(C)c(C)c4c(=O)[nH]3)cc2c1C. The predicted molar refractivity (Wildman–Crippen MR) is 130 cm³/mol. The van der Waals surface area contributed by atoms with Crippen molar-refractivity contribution in [2.24, 2.45) is 0 Å². The van der Waals surface area contributed by atoms with E-state index in [2.05, 4.69) is 46.2 Å². The van der Waals surface area contributed by atoms with Gasteiger partial charge in [-0.3, -0.25) is 9.59 Å². The quantitative estimate of drug-likeness (QED) is 0.396. The highest BCUT2D eigenvalue weighted by Gasteiger charge is 2.16. The molecule has 0 saturated heterocycles. The summed E-state index contributed by atoms with van der Waals surface area (Å²) in [5.41, 5.74) is 5.47. The third-order valence-electron chi connectivity index (χ3n) is 5.77. The summed E-state index contributed by atoms with van der Waals surface area (Å²) in [7, 11) is 0. The van der Waals surface area contributed by atoms with E-state index in [1.165, 1.54) is 39.7 Å². The van der Waals surface area contributed by atoms with Gasteiger partial charge in [-0.25, -0.2) is 4.98 Å². The van der Waals surface area contributed by atoms with Gasteiger partial charge in [0.05, 0.1) is 16.4 Å². The number of hydrogen-bond donors (Lipinski definition) is 3. The molecule has 8 heteroatoms. The normalized spacial score (nSPS) is 12.5. The summed E-state index contributed by atoms with van der Waals surface area (Å²) < 4.78 is 0. The molecule has 3 heterocycles. The fraction of sp³-hybridized carbons (Fsp3) is 0.348. The van der Waals surface area contributed by atoms with E-state index in [1.807, 2.05) is 26.8 Å². The van der Waals surface area contributed by atoms with Crippen LogP contribution in [0, 0.1) is 27.7 Å². The van der Waals surface area contributed by atoms with Crippen LogP contribution in [0.1, 0.15) is 40.0 Å². The van der Waals surface area contributed by atoms with Crippen molar-refractivity contribution in [3.05, 3.63) is 61.6 Å². The first-order chi connectivity index (χ1) is 14.7. The van der Waals surface area contributed by atoms with Gasteiger partial charge in [0.25, 0.3) is 5.56 Å². The number of aromatic nitrogens is 3. The van der Waals surface area contributed by atoms with Crippen LogP contribution >= 0.6 is 23.1 Å². The maximum Gasteiger partial charge on any atom is 0.259 e. The number of hydrogen-bond acceptors (Lipinski definition) is 5. The van der Waals surface area contributed by atoms with Crippen LogP contribution in [0.2, 0.25) is 0 Å². The molecule has 1 amide bonds. The molecule has 1 aromatic carbocycles. The molecule has 6 nitrogen and oxygen atoms in total. The van der Waals surface area contributed by atoms with Crippen LogP contribution in [-0.2, 0) is 17.1 Å². The lowest BCUT2D eigenvalue weighted by Crippen LogP contribution is -2.30. The number of aromatic amines is 2. The molecule has 0 fully saturated rings. The summed E-state index contributed by atoms with van der Waals surface area (Å²) in [6.07, 6.45) is 0. The smallest absolute Gasteiger partial charge is 0.259 e. The molecule has 31 heavy (non-hydrogen) atoms. The van der Waals surface area contributed by atoms with Crippen molar-refractivity contribution in [2.75, 3.05) is 0 Å². The summed E-state index contributed by atoms with van der Waals surface area (Å²) in [6.45, 7) is 10.5. The summed E-state index contributed by atoms with van der Waals surface area (Å²) in [4.78, 5) is 37.7. The number of thiophene rings is 1. The van der Waals surface area contributed by atoms with Crippen molar-refractivity contribution in [1.29, 1.82) is 0 Å².